The number of nitrogens with zero attached hydrogens (tertiary/aromatic N) is 3. The van der Waals surface area contributed by atoms with E-state index in [0.717, 1.165) is 0 Å². The number of amides is 1. The fraction of sp³-hybridized carbons (Fsp3) is 0.625. The predicted molar refractivity (Wildman–Crippen MR) is 51.3 cm³/mol. The second-order valence-electron chi connectivity index (χ2n) is 3.11. The van der Waals surface area contributed by atoms with Gasteiger partial charge in [0, 0.05) is 19.0 Å². The van der Waals surface area contributed by atoms with Crippen LogP contribution in [0, 0.1) is 0 Å². The van der Waals surface area contributed by atoms with Crippen LogP contribution in [0.4, 0.5) is 0 Å². The molecular formula is C8H15N5O. The first-order valence-corrected chi connectivity index (χ1v) is 4.54. The highest BCUT2D eigenvalue weighted by Crippen LogP contribution is 1.88. The predicted octanol–water partition coefficient (Wildman–Crippen LogP) is -0.868. The van der Waals surface area contributed by atoms with Crippen molar-refractivity contribution in [3.05, 3.63) is 12.7 Å². The molecule has 0 fully saturated rings. The van der Waals surface area contributed by atoms with Gasteiger partial charge in [-0.25, -0.2) is 4.98 Å². The quantitative estimate of drug-likeness (QED) is 0.642. The number of nitrogens with one attached hydrogen (secondary N) is 1. The van der Waals surface area contributed by atoms with Crippen LogP contribution < -0.4 is 11.1 Å². The molecule has 1 heterocycles. The Balaban J connectivity index is 2.22. The van der Waals surface area contributed by atoms with Crippen LogP contribution >= 0.6 is 0 Å². The van der Waals surface area contributed by atoms with E-state index in [1.165, 1.54) is 6.33 Å². The third-order valence-corrected chi connectivity index (χ3v) is 1.80. The average Bonchev–Trinajstić information content (AvgIpc) is 2.67. The number of aryl methyl sites for hydroxylation is 1. The maximum absolute atomic E-state index is 11.3. The van der Waals surface area contributed by atoms with Gasteiger partial charge >= 0.3 is 0 Å². The van der Waals surface area contributed by atoms with Crippen molar-refractivity contribution in [1.82, 2.24) is 20.1 Å². The minimum absolute atomic E-state index is 0.0153. The van der Waals surface area contributed by atoms with E-state index in [4.69, 9.17) is 5.73 Å². The van der Waals surface area contributed by atoms with E-state index in [-0.39, 0.29) is 11.9 Å². The van der Waals surface area contributed by atoms with Gasteiger partial charge in [-0.2, -0.15) is 5.10 Å². The molecule has 1 rings (SSSR count). The van der Waals surface area contributed by atoms with Crippen LogP contribution in [0.15, 0.2) is 12.7 Å². The minimum Gasteiger partial charge on any atom is -0.352 e. The van der Waals surface area contributed by atoms with Crippen molar-refractivity contribution in [2.24, 2.45) is 5.73 Å². The van der Waals surface area contributed by atoms with Gasteiger partial charge in [-0.1, -0.05) is 0 Å². The van der Waals surface area contributed by atoms with Crippen LogP contribution in [-0.4, -0.2) is 33.3 Å². The molecule has 0 aliphatic rings. The van der Waals surface area contributed by atoms with Crippen LogP contribution in [0.2, 0.25) is 0 Å². The highest BCUT2D eigenvalue weighted by atomic mass is 16.1. The molecule has 0 aliphatic carbocycles. The number of rotatable bonds is 5. The summed E-state index contributed by atoms with van der Waals surface area (Å²) >= 11 is 0. The molecule has 0 radical (unpaired) electrons. The molecule has 0 saturated carbocycles. The van der Waals surface area contributed by atoms with Crippen molar-refractivity contribution in [2.75, 3.05) is 6.54 Å². The van der Waals surface area contributed by atoms with Crippen LogP contribution in [0.5, 0.6) is 0 Å². The summed E-state index contributed by atoms with van der Waals surface area (Å²) in [5.41, 5.74) is 5.37. The number of nitrogens with two attached hydrogens (primary N) is 1. The van der Waals surface area contributed by atoms with Gasteiger partial charge in [0.05, 0.1) is 6.54 Å². The molecule has 3 N–H and O–H groups in total. The van der Waals surface area contributed by atoms with E-state index in [0.29, 0.717) is 19.5 Å². The third kappa shape index (κ3) is 3.53. The Bertz CT molecular complexity index is 271. The molecule has 78 valence electrons. The number of carbonyl (C=O) groups is 1. The molecule has 1 aromatic heterocycles. The summed E-state index contributed by atoms with van der Waals surface area (Å²) in [6.07, 6.45) is 3.42. The zero-order valence-corrected chi connectivity index (χ0v) is 8.18. The zero-order valence-electron chi connectivity index (χ0n) is 8.18. The number of aromatic nitrogens is 3. The first kappa shape index (κ1) is 10.6. The Hall–Kier alpha value is -1.43. The number of carbonyl (C=O) groups excluding carboxylic acids is 1. The van der Waals surface area contributed by atoms with E-state index in [2.05, 4.69) is 15.4 Å². The Kier molecular flexibility index (Phi) is 4.06. The molecule has 0 aromatic carbocycles. The van der Waals surface area contributed by atoms with Gasteiger partial charge in [0.25, 0.3) is 0 Å². The van der Waals surface area contributed by atoms with Crippen LogP contribution in [-0.2, 0) is 11.3 Å². The van der Waals surface area contributed by atoms with E-state index in [1.54, 1.807) is 11.0 Å². The van der Waals surface area contributed by atoms with Gasteiger partial charge in [0.15, 0.2) is 0 Å². The maximum atomic E-state index is 11.3. The highest BCUT2D eigenvalue weighted by molar-refractivity contribution is 5.76. The zero-order chi connectivity index (χ0) is 10.4. The first-order chi connectivity index (χ1) is 6.72. The fourth-order valence-electron chi connectivity index (χ4n) is 0.970. The van der Waals surface area contributed by atoms with Gasteiger partial charge in [-0.15, -0.1) is 0 Å². The van der Waals surface area contributed by atoms with Crippen molar-refractivity contribution in [3.8, 4) is 0 Å². The molecular weight excluding hydrogens is 182 g/mol. The summed E-state index contributed by atoms with van der Waals surface area (Å²) in [6, 6.07) is 0.0262. The summed E-state index contributed by atoms with van der Waals surface area (Å²) in [6.45, 7) is 2.87. The molecule has 0 saturated heterocycles. The largest absolute Gasteiger partial charge is 0.352 e. The molecule has 6 heteroatoms. The van der Waals surface area contributed by atoms with E-state index < -0.39 is 0 Å². The molecule has 0 bridgehead atoms. The summed E-state index contributed by atoms with van der Waals surface area (Å²) in [4.78, 5) is 15.1. The van der Waals surface area contributed by atoms with Crippen molar-refractivity contribution >= 4 is 5.91 Å². The van der Waals surface area contributed by atoms with Crippen molar-refractivity contribution in [3.63, 3.8) is 0 Å². The second kappa shape index (κ2) is 5.33. The van der Waals surface area contributed by atoms with Gasteiger partial charge in [0.2, 0.25) is 5.91 Å². The maximum Gasteiger partial charge on any atom is 0.222 e. The lowest BCUT2D eigenvalue weighted by Gasteiger charge is -2.10. The van der Waals surface area contributed by atoms with Crippen LogP contribution in [0.3, 0.4) is 0 Å². The molecule has 0 unspecified atom stereocenters. The summed E-state index contributed by atoms with van der Waals surface area (Å²) in [5.74, 6) is -0.0153. The molecule has 1 aromatic rings. The molecule has 0 spiro atoms. The topological polar surface area (TPSA) is 85.8 Å². The third-order valence-electron chi connectivity index (χ3n) is 1.80. The number of hydrogen-bond acceptors (Lipinski definition) is 4. The average molecular weight is 197 g/mol. The molecule has 6 nitrogen and oxygen atoms in total. The van der Waals surface area contributed by atoms with E-state index in [9.17, 15) is 4.79 Å². The normalized spacial score (nSPS) is 12.4. The Morgan fingerprint density at radius 2 is 2.50 bits per heavy atom. The van der Waals surface area contributed by atoms with E-state index in [1.807, 2.05) is 6.92 Å². The number of hydrogen-bond donors (Lipinski definition) is 2. The summed E-state index contributed by atoms with van der Waals surface area (Å²) < 4.78 is 1.62. The van der Waals surface area contributed by atoms with Gasteiger partial charge in [-0.3, -0.25) is 9.48 Å². The lowest BCUT2D eigenvalue weighted by atomic mass is 10.3. The lowest BCUT2D eigenvalue weighted by molar-refractivity contribution is -0.121. The second-order valence-corrected chi connectivity index (χ2v) is 3.11. The monoisotopic (exact) mass is 197 g/mol. The molecule has 14 heavy (non-hydrogen) atoms. The fourth-order valence-corrected chi connectivity index (χ4v) is 0.970. The Morgan fingerprint density at radius 3 is 3.07 bits per heavy atom. The Morgan fingerprint density at radius 1 is 1.71 bits per heavy atom. The van der Waals surface area contributed by atoms with Crippen LogP contribution in [0.25, 0.3) is 0 Å². The van der Waals surface area contributed by atoms with E-state index >= 15 is 0 Å². The summed E-state index contributed by atoms with van der Waals surface area (Å²) in [5, 5.41) is 6.65. The molecule has 0 aliphatic heterocycles. The first-order valence-electron chi connectivity index (χ1n) is 4.54. The van der Waals surface area contributed by atoms with Crippen molar-refractivity contribution in [2.45, 2.75) is 25.9 Å². The van der Waals surface area contributed by atoms with Gasteiger partial charge in [-0.05, 0) is 6.92 Å². The Labute approximate surface area is 82.5 Å². The highest BCUT2D eigenvalue weighted by Gasteiger charge is 2.05. The summed E-state index contributed by atoms with van der Waals surface area (Å²) in [7, 11) is 0. The van der Waals surface area contributed by atoms with Gasteiger partial charge in [0.1, 0.15) is 12.7 Å². The van der Waals surface area contributed by atoms with Crippen LogP contribution in [0.1, 0.15) is 13.3 Å². The SMILES string of the molecule is C[C@H](CN)NC(=O)CCn1cncn1. The molecule has 1 amide bonds. The lowest BCUT2D eigenvalue weighted by Crippen LogP contribution is -2.38. The van der Waals surface area contributed by atoms with Crippen molar-refractivity contribution in [1.29, 1.82) is 0 Å². The smallest absolute Gasteiger partial charge is 0.222 e. The van der Waals surface area contributed by atoms with Crippen molar-refractivity contribution < 1.29 is 4.79 Å². The standard InChI is InChI=1S/C8H15N5O/c1-7(4-9)12-8(14)2-3-13-6-10-5-11-13/h5-7H,2-4,9H2,1H3,(H,12,14)/t7-/m1/s1. The van der Waals surface area contributed by atoms with Gasteiger partial charge < -0.3 is 11.1 Å². The molecule has 1 atom stereocenters. The minimum atomic E-state index is -0.0153.